The SMILES string of the molecule is COc1ccc(NC(=O)CC(=O)N(Cc2ccccc2)C(C)C)cc1Cl. The molecule has 0 heterocycles. The van der Waals surface area contributed by atoms with Gasteiger partial charge in [0.25, 0.3) is 0 Å². The highest BCUT2D eigenvalue weighted by Gasteiger charge is 2.20. The van der Waals surface area contributed by atoms with Gasteiger partial charge in [-0.15, -0.1) is 0 Å². The Balaban J connectivity index is 1.99. The molecule has 5 nitrogen and oxygen atoms in total. The summed E-state index contributed by atoms with van der Waals surface area (Å²) >= 11 is 6.05. The molecule has 0 unspecified atom stereocenters. The molecule has 2 rings (SSSR count). The Labute approximate surface area is 158 Å². The zero-order valence-corrected chi connectivity index (χ0v) is 15.9. The third kappa shape index (κ3) is 5.49. The van der Waals surface area contributed by atoms with Gasteiger partial charge in [0.05, 0.1) is 12.1 Å². The van der Waals surface area contributed by atoms with Gasteiger partial charge in [0, 0.05) is 18.3 Å². The maximum absolute atomic E-state index is 12.6. The number of carbonyl (C=O) groups excluding carboxylic acids is 2. The molecular weight excluding hydrogens is 352 g/mol. The first-order valence-corrected chi connectivity index (χ1v) is 8.75. The van der Waals surface area contributed by atoms with E-state index < -0.39 is 0 Å². The molecule has 2 aromatic carbocycles. The fourth-order valence-corrected chi connectivity index (χ4v) is 2.78. The minimum atomic E-state index is -0.380. The lowest BCUT2D eigenvalue weighted by atomic mass is 10.1. The van der Waals surface area contributed by atoms with Gasteiger partial charge in [-0.3, -0.25) is 9.59 Å². The van der Waals surface area contributed by atoms with Crippen LogP contribution in [0.1, 0.15) is 25.8 Å². The molecule has 2 aromatic rings. The third-order valence-electron chi connectivity index (χ3n) is 3.89. The van der Waals surface area contributed by atoms with E-state index in [2.05, 4.69) is 5.32 Å². The molecule has 0 atom stereocenters. The average molecular weight is 375 g/mol. The van der Waals surface area contributed by atoms with Crippen LogP contribution in [0.3, 0.4) is 0 Å². The number of ether oxygens (including phenoxy) is 1. The molecule has 0 aliphatic heterocycles. The molecule has 0 saturated heterocycles. The molecule has 0 aliphatic rings. The number of halogens is 1. The normalized spacial score (nSPS) is 10.5. The van der Waals surface area contributed by atoms with Crippen LogP contribution in [0.4, 0.5) is 5.69 Å². The average Bonchev–Trinajstić information content (AvgIpc) is 2.60. The maximum Gasteiger partial charge on any atom is 0.233 e. The first-order chi connectivity index (χ1) is 12.4. The molecule has 1 N–H and O–H groups in total. The van der Waals surface area contributed by atoms with E-state index in [1.165, 1.54) is 7.11 Å². The van der Waals surface area contributed by atoms with E-state index in [1.807, 2.05) is 44.2 Å². The van der Waals surface area contributed by atoms with E-state index in [4.69, 9.17) is 16.3 Å². The molecule has 138 valence electrons. The number of amides is 2. The Morgan fingerprint density at radius 2 is 1.85 bits per heavy atom. The second kappa shape index (κ2) is 9.25. The van der Waals surface area contributed by atoms with Crippen molar-refractivity contribution in [1.82, 2.24) is 4.90 Å². The van der Waals surface area contributed by atoms with Crippen LogP contribution in [0.25, 0.3) is 0 Å². The van der Waals surface area contributed by atoms with Crippen molar-refractivity contribution in [3.63, 3.8) is 0 Å². The third-order valence-corrected chi connectivity index (χ3v) is 4.18. The first-order valence-electron chi connectivity index (χ1n) is 8.37. The highest BCUT2D eigenvalue weighted by atomic mass is 35.5. The van der Waals surface area contributed by atoms with Gasteiger partial charge in [-0.25, -0.2) is 0 Å². The van der Waals surface area contributed by atoms with Crippen LogP contribution in [0.15, 0.2) is 48.5 Å². The number of benzene rings is 2. The van der Waals surface area contributed by atoms with E-state index in [0.29, 0.717) is 23.0 Å². The summed E-state index contributed by atoms with van der Waals surface area (Å²) in [5.41, 5.74) is 1.55. The Hall–Kier alpha value is -2.53. The summed E-state index contributed by atoms with van der Waals surface area (Å²) in [6.07, 6.45) is -0.228. The number of nitrogens with one attached hydrogen (secondary N) is 1. The van der Waals surface area contributed by atoms with E-state index in [0.717, 1.165) is 5.56 Å². The quantitative estimate of drug-likeness (QED) is 0.742. The van der Waals surface area contributed by atoms with Crippen molar-refractivity contribution in [2.24, 2.45) is 0 Å². The number of nitrogens with zero attached hydrogens (tertiary/aromatic N) is 1. The summed E-state index contributed by atoms with van der Waals surface area (Å²) in [5.74, 6) is -0.0782. The van der Waals surface area contributed by atoms with Gasteiger partial charge in [0.15, 0.2) is 0 Å². The van der Waals surface area contributed by atoms with Crippen LogP contribution in [-0.4, -0.2) is 29.9 Å². The van der Waals surface area contributed by atoms with Gasteiger partial charge in [-0.2, -0.15) is 0 Å². The molecule has 0 radical (unpaired) electrons. The Bertz CT molecular complexity index is 763. The predicted molar refractivity (Wildman–Crippen MR) is 103 cm³/mol. The number of rotatable bonds is 7. The number of hydrogen-bond donors (Lipinski definition) is 1. The van der Waals surface area contributed by atoms with Crippen molar-refractivity contribution in [2.75, 3.05) is 12.4 Å². The van der Waals surface area contributed by atoms with Crippen LogP contribution >= 0.6 is 11.6 Å². The summed E-state index contributed by atoms with van der Waals surface area (Å²) in [6, 6.07) is 14.6. The van der Waals surface area contributed by atoms with Crippen molar-refractivity contribution < 1.29 is 14.3 Å². The van der Waals surface area contributed by atoms with Crippen LogP contribution in [-0.2, 0) is 16.1 Å². The lowest BCUT2D eigenvalue weighted by Crippen LogP contribution is -2.38. The van der Waals surface area contributed by atoms with Gasteiger partial charge < -0.3 is 15.0 Å². The zero-order valence-electron chi connectivity index (χ0n) is 15.2. The first kappa shape index (κ1) is 19.8. The fraction of sp³-hybridized carbons (Fsp3) is 0.300. The van der Waals surface area contributed by atoms with Gasteiger partial charge >= 0.3 is 0 Å². The maximum atomic E-state index is 12.6. The minimum Gasteiger partial charge on any atom is -0.495 e. The lowest BCUT2D eigenvalue weighted by molar-refractivity contribution is -0.136. The lowest BCUT2D eigenvalue weighted by Gasteiger charge is -2.26. The molecule has 2 amide bonds. The molecule has 0 fully saturated rings. The highest BCUT2D eigenvalue weighted by molar-refractivity contribution is 6.32. The van der Waals surface area contributed by atoms with Crippen LogP contribution in [0.2, 0.25) is 5.02 Å². The molecular formula is C20H23ClN2O3. The number of methoxy groups -OCH3 is 1. The zero-order chi connectivity index (χ0) is 19.1. The Morgan fingerprint density at radius 3 is 2.42 bits per heavy atom. The fourth-order valence-electron chi connectivity index (χ4n) is 2.53. The molecule has 6 heteroatoms. The highest BCUT2D eigenvalue weighted by Crippen LogP contribution is 2.27. The molecule has 0 saturated carbocycles. The van der Waals surface area contributed by atoms with Crippen LogP contribution < -0.4 is 10.1 Å². The molecule has 0 aliphatic carbocycles. The van der Waals surface area contributed by atoms with Crippen molar-refractivity contribution in [3.05, 3.63) is 59.1 Å². The van der Waals surface area contributed by atoms with Gasteiger partial charge in [-0.05, 0) is 37.6 Å². The number of hydrogen-bond acceptors (Lipinski definition) is 3. The summed E-state index contributed by atoms with van der Waals surface area (Å²) in [7, 11) is 1.52. The number of carbonyl (C=O) groups is 2. The largest absolute Gasteiger partial charge is 0.495 e. The molecule has 0 aromatic heterocycles. The van der Waals surface area contributed by atoms with Gasteiger partial charge in [0.2, 0.25) is 11.8 Å². The van der Waals surface area contributed by atoms with Crippen molar-refractivity contribution in [2.45, 2.75) is 32.9 Å². The predicted octanol–water partition coefficient (Wildman–Crippen LogP) is 4.11. The van der Waals surface area contributed by atoms with Crippen molar-refractivity contribution in [1.29, 1.82) is 0 Å². The van der Waals surface area contributed by atoms with E-state index in [9.17, 15) is 9.59 Å². The Morgan fingerprint density at radius 1 is 1.15 bits per heavy atom. The smallest absolute Gasteiger partial charge is 0.233 e. The Kier molecular flexibility index (Phi) is 7.04. The van der Waals surface area contributed by atoms with Gasteiger partial charge in [0.1, 0.15) is 12.2 Å². The summed E-state index contributed by atoms with van der Waals surface area (Å²) in [6.45, 7) is 4.34. The van der Waals surface area contributed by atoms with Crippen LogP contribution in [0, 0.1) is 0 Å². The topological polar surface area (TPSA) is 58.6 Å². The summed E-state index contributed by atoms with van der Waals surface area (Å²) < 4.78 is 5.08. The molecule has 26 heavy (non-hydrogen) atoms. The minimum absolute atomic E-state index is 0.00839. The summed E-state index contributed by atoms with van der Waals surface area (Å²) in [5, 5.41) is 3.09. The van der Waals surface area contributed by atoms with E-state index in [1.54, 1.807) is 23.1 Å². The molecule has 0 bridgehead atoms. The standard InChI is InChI=1S/C20H23ClN2O3/c1-14(2)23(13-15-7-5-4-6-8-15)20(25)12-19(24)22-16-9-10-18(26-3)17(21)11-16/h4-11,14H,12-13H2,1-3H3,(H,22,24). The number of anilines is 1. The van der Waals surface area contributed by atoms with Gasteiger partial charge in [-0.1, -0.05) is 41.9 Å². The van der Waals surface area contributed by atoms with E-state index in [-0.39, 0.29) is 24.3 Å². The molecule has 0 spiro atoms. The van der Waals surface area contributed by atoms with Crippen molar-refractivity contribution in [3.8, 4) is 5.75 Å². The monoisotopic (exact) mass is 374 g/mol. The second-order valence-corrected chi connectivity index (χ2v) is 6.58. The van der Waals surface area contributed by atoms with Crippen LogP contribution in [0.5, 0.6) is 5.75 Å². The van der Waals surface area contributed by atoms with Crippen molar-refractivity contribution >= 4 is 29.1 Å². The second-order valence-electron chi connectivity index (χ2n) is 6.18. The van der Waals surface area contributed by atoms with E-state index >= 15 is 0 Å². The summed E-state index contributed by atoms with van der Waals surface area (Å²) in [4.78, 5) is 26.5.